The van der Waals surface area contributed by atoms with Crippen LogP contribution in [-0.4, -0.2) is 29.7 Å². The first kappa shape index (κ1) is 21.9. The highest BCUT2D eigenvalue weighted by atomic mass is 16.5. The van der Waals surface area contributed by atoms with Crippen molar-refractivity contribution in [3.05, 3.63) is 46.8 Å². The van der Waals surface area contributed by atoms with Gasteiger partial charge in [-0.05, 0) is 50.3 Å². The summed E-state index contributed by atoms with van der Waals surface area (Å²) in [6.07, 6.45) is 4.57. The van der Waals surface area contributed by atoms with Crippen LogP contribution < -0.4 is 10.1 Å². The summed E-state index contributed by atoms with van der Waals surface area (Å²) in [5.41, 5.74) is 2.54. The summed E-state index contributed by atoms with van der Waals surface area (Å²) in [5, 5.41) is 6.89. The van der Waals surface area contributed by atoms with Gasteiger partial charge in [-0.1, -0.05) is 37.1 Å². The molecule has 1 aromatic heterocycles. The lowest BCUT2D eigenvalue weighted by Gasteiger charge is -2.29. The van der Waals surface area contributed by atoms with E-state index >= 15 is 0 Å². The van der Waals surface area contributed by atoms with E-state index in [1.54, 1.807) is 12.1 Å². The molecule has 7 heteroatoms. The van der Waals surface area contributed by atoms with E-state index in [0.717, 1.165) is 41.8 Å². The average molecular weight is 415 g/mol. The van der Waals surface area contributed by atoms with E-state index in [9.17, 15) is 9.59 Å². The van der Waals surface area contributed by atoms with E-state index in [2.05, 4.69) is 17.4 Å². The first-order valence-corrected chi connectivity index (χ1v) is 10.5. The largest absolute Gasteiger partial charge is 0.489 e. The Hall–Kier alpha value is -2.83. The summed E-state index contributed by atoms with van der Waals surface area (Å²) >= 11 is 0. The maximum atomic E-state index is 12.1. The zero-order valence-corrected chi connectivity index (χ0v) is 17.9. The second-order valence-electron chi connectivity index (χ2n) is 8.01. The van der Waals surface area contributed by atoms with Gasteiger partial charge in [0.25, 0.3) is 5.91 Å². The number of rotatable bonds is 8. The Bertz CT molecular complexity index is 839. The summed E-state index contributed by atoms with van der Waals surface area (Å²) in [6, 6.07) is 7.42. The molecule has 1 amide bonds. The molecular weight excluding hydrogens is 384 g/mol. The monoisotopic (exact) mass is 414 g/mol. The van der Waals surface area contributed by atoms with Gasteiger partial charge in [-0.15, -0.1) is 0 Å². The van der Waals surface area contributed by atoms with Crippen LogP contribution in [0.25, 0.3) is 0 Å². The zero-order valence-electron chi connectivity index (χ0n) is 17.9. The molecule has 1 saturated carbocycles. The van der Waals surface area contributed by atoms with Crippen LogP contribution in [0.15, 0.2) is 28.8 Å². The van der Waals surface area contributed by atoms with Crippen molar-refractivity contribution in [1.82, 2.24) is 10.5 Å². The van der Waals surface area contributed by atoms with Gasteiger partial charge in [-0.3, -0.25) is 9.59 Å². The van der Waals surface area contributed by atoms with Crippen molar-refractivity contribution in [2.75, 3.05) is 6.61 Å². The number of nitrogens with zero attached hydrogens (tertiary/aromatic N) is 1. The average Bonchev–Trinajstić information content (AvgIpc) is 3.05. The normalized spacial score (nSPS) is 18.6. The van der Waals surface area contributed by atoms with Gasteiger partial charge in [0.2, 0.25) is 0 Å². The molecule has 0 saturated heterocycles. The van der Waals surface area contributed by atoms with Crippen LogP contribution in [0.1, 0.15) is 55.2 Å². The highest BCUT2D eigenvalue weighted by Crippen LogP contribution is 2.23. The molecular formula is C23H30N2O5. The van der Waals surface area contributed by atoms with Crippen LogP contribution in [0.4, 0.5) is 0 Å². The lowest BCUT2D eigenvalue weighted by molar-refractivity contribution is -0.148. The Balaban J connectivity index is 1.40. The number of ether oxygens (including phenoxy) is 2. The maximum absolute atomic E-state index is 12.1. The fourth-order valence-electron chi connectivity index (χ4n) is 3.71. The smallest absolute Gasteiger partial charge is 0.310 e. The molecule has 3 rings (SSSR count). The minimum absolute atomic E-state index is 0.108. The minimum atomic E-state index is -0.425. The molecule has 1 heterocycles. The predicted molar refractivity (Wildman–Crippen MR) is 111 cm³/mol. The highest BCUT2D eigenvalue weighted by molar-refractivity contribution is 5.81. The summed E-state index contributed by atoms with van der Waals surface area (Å²) in [7, 11) is 0. The summed E-state index contributed by atoms with van der Waals surface area (Å²) in [4.78, 5) is 24.1. The molecule has 1 aliphatic rings. The quantitative estimate of drug-likeness (QED) is 0.663. The van der Waals surface area contributed by atoms with Crippen LogP contribution in [0, 0.1) is 19.8 Å². The number of nitrogens with one attached hydrogen (secondary N) is 1. The first-order valence-electron chi connectivity index (χ1n) is 10.5. The standard InChI is InChI=1S/C23H30N2O5/c1-15-6-4-5-7-21(15)24-22(26)14-29-23(27)12-18-8-10-19(11-9-18)28-13-20-16(2)25-30-17(20)3/h8-11,15,21H,4-7,12-14H2,1-3H3,(H,24,26)/t15-,21-/m1/s1. The molecule has 1 fully saturated rings. The van der Waals surface area contributed by atoms with Crippen LogP contribution in [0.5, 0.6) is 5.75 Å². The van der Waals surface area contributed by atoms with Gasteiger partial charge < -0.3 is 19.3 Å². The van der Waals surface area contributed by atoms with Gasteiger partial charge in [0, 0.05) is 6.04 Å². The molecule has 2 atom stereocenters. The van der Waals surface area contributed by atoms with E-state index < -0.39 is 5.97 Å². The molecule has 162 valence electrons. The van der Waals surface area contributed by atoms with Gasteiger partial charge >= 0.3 is 5.97 Å². The van der Waals surface area contributed by atoms with Gasteiger partial charge in [0.05, 0.1) is 17.7 Å². The Morgan fingerprint density at radius 2 is 1.90 bits per heavy atom. The number of aryl methyl sites for hydroxylation is 2. The fourth-order valence-corrected chi connectivity index (χ4v) is 3.71. The lowest BCUT2D eigenvalue weighted by Crippen LogP contribution is -2.42. The van der Waals surface area contributed by atoms with Gasteiger partial charge in [-0.2, -0.15) is 0 Å². The molecule has 2 aromatic rings. The zero-order chi connectivity index (χ0) is 21.5. The number of aromatic nitrogens is 1. The molecule has 7 nitrogen and oxygen atoms in total. The van der Waals surface area contributed by atoms with Crippen molar-refractivity contribution in [3.8, 4) is 5.75 Å². The molecule has 0 spiro atoms. The van der Waals surface area contributed by atoms with Gasteiger partial charge in [0.15, 0.2) is 6.61 Å². The van der Waals surface area contributed by atoms with E-state index in [-0.39, 0.29) is 25.0 Å². The highest BCUT2D eigenvalue weighted by Gasteiger charge is 2.23. The molecule has 1 N–H and O–H groups in total. The lowest BCUT2D eigenvalue weighted by atomic mass is 9.86. The fraction of sp³-hybridized carbons (Fsp3) is 0.522. The van der Waals surface area contributed by atoms with Crippen molar-refractivity contribution in [2.24, 2.45) is 5.92 Å². The Kier molecular flexibility index (Phi) is 7.49. The number of amides is 1. The summed E-state index contributed by atoms with van der Waals surface area (Å²) in [5.74, 6) is 1.25. The third-order valence-corrected chi connectivity index (χ3v) is 5.66. The van der Waals surface area contributed by atoms with Crippen molar-refractivity contribution >= 4 is 11.9 Å². The van der Waals surface area contributed by atoms with Crippen LogP contribution >= 0.6 is 0 Å². The third kappa shape index (κ3) is 6.08. The number of carbonyl (C=O) groups excluding carboxylic acids is 2. The van der Waals surface area contributed by atoms with Gasteiger partial charge in [-0.25, -0.2) is 0 Å². The molecule has 1 aromatic carbocycles. The molecule has 30 heavy (non-hydrogen) atoms. The summed E-state index contributed by atoms with van der Waals surface area (Å²) in [6.45, 7) is 6.01. The van der Waals surface area contributed by atoms with Crippen molar-refractivity contribution in [2.45, 2.75) is 65.5 Å². The first-order chi connectivity index (χ1) is 14.4. The Morgan fingerprint density at radius 1 is 1.17 bits per heavy atom. The predicted octanol–water partition coefficient (Wildman–Crippen LogP) is 3.65. The molecule has 0 aliphatic heterocycles. The van der Waals surface area contributed by atoms with Gasteiger partial charge in [0.1, 0.15) is 18.1 Å². The number of carbonyl (C=O) groups is 2. The van der Waals surface area contributed by atoms with E-state index in [4.69, 9.17) is 14.0 Å². The topological polar surface area (TPSA) is 90.7 Å². The van der Waals surface area contributed by atoms with Crippen molar-refractivity contribution in [1.29, 1.82) is 0 Å². The third-order valence-electron chi connectivity index (χ3n) is 5.66. The van der Waals surface area contributed by atoms with E-state index in [1.165, 1.54) is 6.42 Å². The minimum Gasteiger partial charge on any atom is -0.489 e. The van der Waals surface area contributed by atoms with E-state index in [0.29, 0.717) is 18.3 Å². The second-order valence-corrected chi connectivity index (χ2v) is 8.01. The number of hydrogen-bond acceptors (Lipinski definition) is 6. The van der Waals surface area contributed by atoms with Crippen LogP contribution in [0.2, 0.25) is 0 Å². The summed E-state index contributed by atoms with van der Waals surface area (Å²) < 4.78 is 16.0. The number of hydrogen-bond donors (Lipinski definition) is 1. The van der Waals surface area contributed by atoms with Crippen molar-refractivity contribution in [3.63, 3.8) is 0 Å². The number of esters is 1. The maximum Gasteiger partial charge on any atom is 0.310 e. The number of benzene rings is 1. The molecule has 0 bridgehead atoms. The molecule has 0 radical (unpaired) electrons. The molecule has 0 unspecified atom stereocenters. The van der Waals surface area contributed by atoms with Crippen LogP contribution in [0.3, 0.4) is 0 Å². The molecule has 1 aliphatic carbocycles. The Labute approximate surface area is 177 Å². The SMILES string of the molecule is Cc1noc(C)c1COc1ccc(CC(=O)OCC(=O)N[C@@H]2CCCC[C@H]2C)cc1. The van der Waals surface area contributed by atoms with E-state index in [1.807, 2.05) is 26.0 Å². The van der Waals surface area contributed by atoms with Crippen LogP contribution in [-0.2, 0) is 27.4 Å². The Morgan fingerprint density at radius 3 is 2.57 bits per heavy atom. The van der Waals surface area contributed by atoms with Crippen molar-refractivity contribution < 1.29 is 23.6 Å². The second kappa shape index (κ2) is 10.3.